The summed E-state index contributed by atoms with van der Waals surface area (Å²) in [6.45, 7) is 3.17. The monoisotopic (exact) mass is 473 g/mol. The third-order valence-corrected chi connectivity index (χ3v) is 4.84. The number of aliphatic imine (C=N–C) groups is 1. The van der Waals surface area contributed by atoms with Gasteiger partial charge < -0.3 is 43.4 Å². The van der Waals surface area contributed by atoms with E-state index >= 15 is 0 Å². The van der Waals surface area contributed by atoms with Crippen LogP contribution in [0.25, 0.3) is 0 Å². The van der Waals surface area contributed by atoms with Crippen LogP contribution in [0.1, 0.15) is 46.0 Å². The number of carboxylic acid groups (broad SMARTS) is 2. The first-order valence-electron chi connectivity index (χ1n) is 10.5. The maximum Gasteiger partial charge on any atom is 0.326 e. The van der Waals surface area contributed by atoms with E-state index in [0.29, 0.717) is 6.42 Å². The highest BCUT2D eigenvalue weighted by Crippen LogP contribution is 2.10. The van der Waals surface area contributed by atoms with Gasteiger partial charge in [-0.3, -0.25) is 24.2 Å². The number of nitrogens with one attached hydrogen (secondary N) is 3. The summed E-state index contributed by atoms with van der Waals surface area (Å²) in [5, 5.41) is 25.5. The standard InChI is InChI=1S/C19H35N7O7/c1-3-10(2)15(18(32)33)26-17(31)11(5-4-8-23-19(21)22)25-16(30)12(6-7-14(28)29)24-13(27)9-20/h10-12,15H,3-9,20H2,1-2H3,(H,24,27)(H,25,30)(H,26,31)(H,28,29)(H,32,33)(H4,21,22,23). The number of carboxylic acids is 2. The normalized spacial score (nSPS) is 14.2. The van der Waals surface area contributed by atoms with Gasteiger partial charge in [0.1, 0.15) is 18.1 Å². The first kappa shape index (κ1) is 29.6. The molecule has 11 N–H and O–H groups in total. The molecule has 0 heterocycles. The molecule has 0 aliphatic heterocycles. The molecule has 14 heteroatoms. The molecular weight excluding hydrogens is 438 g/mol. The van der Waals surface area contributed by atoms with E-state index in [2.05, 4.69) is 20.9 Å². The summed E-state index contributed by atoms with van der Waals surface area (Å²) in [4.78, 5) is 63.5. The Bertz CT molecular complexity index is 725. The second-order valence-electron chi connectivity index (χ2n) is 7.48. The van der Waals surface area contributed by atoms with Crippen LogP contribution >= 0.6 is 0 Å². The second-order valence-corrected chi connectivity index (χ2v) is 7.48. The van der Waals surface area contributed by atoms with Crippen molar-refractivity contribution in [2.24, 2.45) is 28.1 Å². The Morgan fingerprint density at radius 1 is 0.939 bits per heavy atom. The van der Waals surface area contributed by atoms with E-state index in [1.165, 1.54) is 0 Å². The molecule has 0 aliphatic carbocycles. The minimum Gasteiger partial charge on any atom is -0.481 e. The molecule has 4 unspecified atom stereocenters. The van der Waals surface area contributed by atoms with Gasteiger partial charge in [-0.2, -0.15) is 0 Å². The van der Waals surface area contributed by atoms with E-state index in [1.54, 1.807) is 13.8 Å². The van der Waals surface area contributed by atoms with Crippen molar-refractivity contribution in [3.05, 3.63) is 0 Å². The van der Waals surface area contributed by atoms with Crippen molar-refractivity contribution >= 4 is 35.6 Å². The number of carbonyl (C=O) groups excluding carboxylic acids is 3. The van der Waals surface area contributed by atoms with Crippen molar-refractivity contribution in [1.82, 2.24) is 16.0 Å². The van der Waals surface area contributed by atoms with Crippen LogP contribution in [0, 0.1) is 5.92 Å². The Labute approximate surface area is 191 Å². The van der Waals surface area contributed by atoms with Gasteiger partial charge in [0.15, 0.2) is 5.96 Å². The summed E-state index contributed by atoms with van der Waals surface area (Å²) in [6.07, 6.45) is 0.157. The van der Waals surface area contributed by atoms with Crippen LogP contribution in [-0.4, -0.2) is 77.0 Å². The van der Waals surface area contributed by atoms with E-state index in [0.717, 1.165) is 0 Å². The lowest BCUT2D eigenvalue weighted by Crippen LogP contribution is -2.57. The predicted octanol–water partition coefficient (Wildman–Crippen LogP) is -2.55. The quantitative estimate of drug-likeness (QED) is 0.0661. The Morgan fingerprint density at radius 3 is 2.00 bits per heavy atom. The Kier molecular flexibility index (Phi) is 13.8. The summed E-state index contributed by atoms with van der Waals surface area (Å²) in [7, 11) is 0. The molecule has 0 saturated heterocycles. The molecular formula is C19H35N7O7. The number of hydrogen-bond acceptors (Lipinski definition) is 7. The lowest BCUT2D eigenvalue weighted by atomic mass is 9.98. The van der Waals surface area contributed by atoms with Gasteiger partial charge in [0.25, 0.3) is 0 Å². The molecule has 0 aromatic rings. The Hall–Kier alpha value is -3.42. The van der Waals surface area contributed by atoms with Crippen molar-refractivity contribution in [1.29, 1.82) is 0 Å². The summed E-state index contributed by atoms with van der Waals surface area (Å²) in [6, 6.07) is -3.62. The summed E-state index contributed by atoms with van der Waals surface area (Å²) in [5.74, 6) is -5.18. The molecule has 0 aliphatic rings. The van der Waals surface area contributed by atoms with E-state index in [4.69, 9.17) is 22.3 Å². The van der Waals surface area contributed by atoms with Crippen LogP contribution < -0.4 is 33.2 Å². The molecule has 14 nitrogen and oxygen atoms in total. The fourth-order valence-electron chi connectivity index (χ4n) is 2.77. The number of rotatable bonds is 16. The number of nitrogens with zero attached hydrogens (tertiary/aromatic N) is 1. The highest BCUT2D eigenvalue weighted by molar-refractivity contribution is 5.93. The maximum atomic E-state index is 12.8. The van der Waals surface area contributed by atoms with Gasteiger partial charge >= 0.3 is 11.9 Å². The van der Waals surface area contributed by atoms with Gasteiger partial charge in [-0.15, -0.1) is 0 Å². The van der Waals surface area contributed by atoms with Crippen LogP contribution in [0.4, 0.5) is 0 Å². The van der Waals surface area contributed by atoms with Crippen LogP contribution in [0.3, 0.4) is 0 Å². The molecule has 0 radical (unpaired) electrons. The summed E-state index contributed by atoms with van der Waals surface area (Å²) < 4.78 is 0. The third-order valence-electron chi connectivity index (χ3n) is 4.84. The van der Waals surface area contributed by atoms with E-state index in [9.17, 15) is 29.1 Å². The summed E-state index contributed by atoms with van der Waals surface area (Å²) in [5.41, 5.74) is 15.8. The van der Waals surface area contributed by atoms with Crippen molar-refractivity contribution in [3.8, 4) is 0 Å². The van der Waals surface area contributed by atoms with E-state index in [-0.39, 0.29) is 37.7 Å². The third kappa shape index (κ3) is 12.3. The zero-order valence-corrected chi connectivity index (χ0v) is 18.9. The molecule has 0 aromatic carbocycles. The molecule has 4 atom stereocenters. The zero-order valence-electron chi connectivity index (χ0n) is 18.9. The van der Waals surface area contributed by atoms with Crippen molar-refractivity contribution in [2.75, 3.05) is 13.1 Å². The minimum atomic E-state index is -1.25. The smallest absolute Gasteiger partial charge is 0.326 e. The SMILES string of the molecule is CCC(C)C(NC(=O)C(CCCN=C(N)N)NC(=O)C(CCC(=O)O)NC(=O)CN)C(=O)O. The average molecular weight is 474 g/mol. The van der Waals surface area contributed by atoms with Crippen LogP contribution in [0.5, 0.6) is 0 Å². The fraction of sp³-hybridized carbons (Fsp3) is 0.684. The molecule has 33 heavy (non-hydrogen) atoms. The number of amides is 3. The lowest BCUT2D eigenvalue weighted by Gasteiger charge is -2.26. The van der Waals surface area contributed by atoms with Crippen molar-refractivity contribution in [2.45, 2.75) is 64.1 Å². The minimum absolute atomic E-state index is 0.0533. The summed E-state index contributed by atoms with van der Waals surface area (Å²) >= 11 is 0. The zero-order chi connectivity index (χ0) is 25.6. The van der Waals surface area contributed by atoms with Gasteiger partial charge in [0.2, 0.25) is 17.7 Å². The molecule has 0 spiro atoms. The van der Waals surface area contributed by atoms with E-state index in [1.807, 2.05) is 0 Å². The van der Waals surface area contributed by atoms with Crippen LogP contribution in [-0.2, 0) is 24.0 Å². The van der Waals surface area contributed by atoms with Crippen molar-refractivity contribution in [3.63, 3.8) is 0 Å². The van der Waals surface area contributed by atoms with Crippen LogP contribution in [0.15, 0.2) is 4.99 Å². The number of nitrogens with two attached hydrogens (primary N) is 3. The molecule has 0 rings (SSSR count). The highest BCUT2D eigenvalue weighted by atomic mass is 16.4. The van der Waals surface area contributed by atoms with Gasteiger partial charge in [-0.25, -0.2) is 4.79 Å². The van der Waals surface area contributed by atoms with Crippen molar-refractivity contribution < 1.29 is 34.2 Å². The topological polar surface area (TPSA) is 252 Å². The lowest BCUT2D eigenvalue weighted by molar-refractivity contribution is -0.143. The van der Waals surface area contributed by atoms with E-state index < -0.39 is 60.8 Å². The first-order chi connectivity index (χ1) is 15.4. The average Bonchev–Trinajstić information content (AvgIpc) is 2.75. The number of hydrogen-bond donors (Lipinski definition) is 8. The Morgan fingerprint density at radius 2 is 1.52 bits per heavy atom. The fourth-order valence-corrected chi connectivity index (χ4v) is 2.77. The molecule has 0 aromatic heterocycles. The number of aliphatic carboxylic acids is 2. The molecule has 188 valence electrons. The molecule has 0 fully saturated rings. The molecule has 3 amide bonds. The predicted molar refractivity (Wildman–Crippen MR) is 119 cm³/mol. The maximum absolute atomic E-state index is 12.8. The molecule has 0 saturated carbocycles. The molecule has 0 bridgehead atoms. The Balaban J connectivity index is 5.56. The highest BCUT2D eigenvalue weighted by Gasteiger charge is 2.31. The van der Waals surface area contributed by atoms with Gasteiger partial charge in [0.05, 0.1) is 6.54 Å². The van der Waals surface area contributed by atoms with Gasteiger partial charge in [-0.05, 0) is 25.2 Å². The largest absolute Gasteiger partial charge is 0.481 e. The van der Waals surface area contributed by atoms with Gasteiger partial charge in [0, 0.05) is 13.0 Å². The van der Waals surface area contributed by atoms with Crippen LogP contribution in [0.2, 0.25) is 0 Å². The first-order valence-corrected chi connectivity index (χ1v) is 10.5. The van der Waals surface area contributed by atoms with Gasteiger partial charge in [-0.1, -0.05) is 20.3 Å². The second kappa shape index (κ2) is 15.4. The number of guanidine groups is 1. The number of carbonyl (C=O) groups is 5.